The van der Waals surface area contributed by atoms with Crippen LogP contribution in [0, 0.1) is 5.41 Å². The van der Waals surface area contributed by atoms with E-state index in [0.29, 0.717) is 5.65 Å². The molecule has 3 aliphatic rings. The Balaban J connectivity index is 1.16. The molecule has 2 N–H and O–H groups in total. The number of aromatic amines is 1. The molecule has 3 aliphatic heterocycles. The van der Waals surface area contributed by atoms with Crippen molar-refractivity contribution in [2.75, 3.05) is 37.7 Å². The predicted molar refractivity (Wildman–Crippen MR) is 117 cm³/mol. The van der Waals surface area contributed by atoms with Crippen molar-refractivity contribution in [1.82, 2.24) is 24.8 Å². The number of ether oxygens (including phenoxy) is 1. The number of aromatic nitrogens is 4. The second-order valence-electron chi connectivity index (χ2n) is 9.35. The first-order valence-corrected chi connectivity index (χ1v) is 11.2. The summed E-state index contributed by atoms with van der Waals surface area (Å²) in [5, 5.41) is 10.7. The van der Waals surface area contributed by atoms with Gasteiger partial charge < -0.3 is 19.7 Å². The summed E-state index contributed by atoms with van der Waals surface area (Å²) < 4.78 is 5.65. The summed E-state index contributed by atoms with van der Waals surface area (Å²) in [5.74, 6) is 1.97. The van der Waals surface area contributed by atoms with Crippen LogP contribution in [0.1, 0.15) is 30.4 Å². The number of nitrogens with zero attached hydrogens (tertiary/aromatic N) is 5. The van der Waals surface area contributed by atoms with Crippen molar-refractivity contribution in [1.29, 1.82) is 0 Å². The molecule has 0 aliphatic carbocycles. The van der Waals surface area contributed by atoms with Gasteiger partial charge in [0.1, 0.15) is 17.6 Å². The molecule has 0 bridgehead atoms. The van der Waals surface area contributed by atoms with E-state index in [1.807, 2.05) is 0 Å². The molecule has 1 atom stereocenters. The van der Waals surface area contributed by atoms with Gasteiger partial charge in [-0.05, 0) is 41.9 Å². The van der Waals surface area contributed by atoms with Gasteiger partial charge >= 0.3 is 0 Å². The molecule has 6 rings (SSSR count). The van der Waals surface area contributed by atoms with E-state index in [1.54, 1.807) is 12.7 Å². The van der Waals surface area contributed by atoms with Gasteiger partial charge in [-0.15, -0.1) is 0 Å². The second-order valence-corrected chi connectivity index (χ2v) is 9.35. The number of β-amino-alcohol motifs (C(OH)–C–C–N with tert-alkyl or cyclic N) is 1. The summed E-state index contributed by atoms with van der Waals surface area (Å²) in [4.78, 5) is 21.0. The minimum Gasteiger partial charge on any atom is -0.493 e. The van der Waals surface area contributed by atoms with Gasteiger partial charge in [0.25, 0.3) is 0 Å². The Morgan fingerprint density at radius 1 is 1.19 bits per heavy atom. The van der Waals surface area contributed by atoms with Crippen LogP contribution in [0.25, 0.3) is 11.2 Å². The Hall–Kier alpha value is -2.71. The summed E-state index contributed by atoms with van der Waals surface area (Å²) in [5.41, 5.74) is 4.41. The molecule has 1 unspecified atom stereocenters. The topological polar surface area (TPSA) is 90.4 Å². The van der Waals surface area contributed by atoms with Gasteiger partial charge in [-0.25, -0.2) is 15.0 Å². The highest BCUT2D eigenvalue weighted by molar-refractivity contribution is 5.82. The van der Waals surface area contributed by atoms with E-state index in [2.05, 4.69) is 47.9 Å². The van der Waals surface area contributed by atoms with Crippen molar-refractivity contribution >= 4 is 17.0 Å². The van der Waals surface area contributed by atoms with Crippen molar-refractivity contribution < 1.29 is 9.84 Å². The van der Waals surface area contributed by atoms with Gasteiger partial charge in [0.15, 0.2) is 11.5 Å². The quantitative estimate of drug-likeness (QED) is 0.671. The maximum absolute atomic E-state index is 10.7. The average Bonchev–Trinajstić information content (AvgIpc) is 3.42. The Labute approximate surface area is 181 Å². The lowest BCUT2D eigenvalue weighted by Gasteiger charge is -2.49. The van der Waals surface area contributed by atoms with E-state index in [0.717, 1.165) is 82.1 Å². The van der Waals surface area contributed by atoms with Crippen LogP contribution in [-0.4, -0.2) is 68.8 Å². The van der Waals surface area contributed by atoms with Crippen LogP contribution in [0.5, 0.6) is 5.75 Å². The van der Waals surface area contributed by atoms with Crippen molar-refractivity contribution in [3.63, 3.8) is 0 Å². The zero-order chi connectivity index (χ0) is 20.8. The highest BCUT2D eigenvalue weighted by Gasteiger charge is 2.42. The molecule has 2 aromatic heterocycles. The standard InChI is InChI=1S/C23H28N6O2/c30-18-10-23(13-28(12-18)11-16-1-2-19-17(9-16)3-8-31-19)4-6-29(7-5-23)22-20-21(25-14-24-20)26-15-27-22/h1-2,9,14-15,18,30H,3-8,10-13H2,(H,24,25,26,27). The molecule has 31 heavy (non-hydrogen) atoms. The number of benzene rings is 1. The number of nitrogens with one attached hydrogen (secondary N) is 1. The summed E-state index contributed by atoms with van der Waals surface area (Å²) in [6.07, 6.45) is 7.00. The molecule has 3 aromatic rings. The van der Waals surface area contributed by atoms with Crippen molar-refractivity contribution in [2.45, 2.75) is 38.3 Å². The van der Waals surface area contributed by atoms with Gasteiger partial charge in [0.2, 0.25) is 0 Å². The zero-order valence-corrected chi connectivity index (χ0v) is 17.6. The van der Waals surface area contributed by atoms with Crippen LogP contribution in [-0.2, 0) is 13.0 Å². The van der Waals surface area contributed by atoms with Gasteiger partial charge in [-0.1, -0.05) is 12.1 Å². The summed E-state index contributed by atoms with van der Waals surface area (Å²) in [6, 6.07) is 6.55. The maximum Gasteiger partial charge on any atom is 0.182 e. The molecule has 0 amide bonds. The monoisotopic (exact) mass is 420 g/mol. The lowest BCUT2D eigenvalue weighted by molar-refractivity contribution is -0.0251. The smallest absolute Gasteiger partial charge is 0.182 e. The molecule has 0 saturated carbocycles. The van der Waals surface area contributed by atoms with Crippen LogP contribution in [0.4, 0.5) is 5.82 Å². The van der Waals surface area contributed by atoms with Gasteiger partial charge in [-0.2, -0.15) is 0 Å². The number of aliphatic hydroxyl groups excluding tert-OH is 1. The highest BCUT2D eigenvalue weighted by Crippen LogP contribution is 2.41. The van der Waals surface area contributed by atoms with Crippen LogP contribution in [0.15, 0.2) is 30.9 Å². The van der Waals surface area contributed by atoms with E-state index in [1.165, 1.54) is 11.1 Å². The number of rotatable bonds is 3. The molecular formula is C23H28N6O2. The molecule has 1 spiro atoms. The molecule has 8 nitrogen and oxygen atoms in total. The molecule has 5 heterocycles. The number of hydrogen-bond acceptors (Lipinski definition) is 7. The zero-order valence-electron chi connectivity index (χ0n) is 17.6. The van der Waals surface area contributed by atoms with E-state index in [4.69, 9.17) is 4.74 Å². The Morgan fingerprint density at radius 2 is 2.10 bits per heavy atom. The number of fused-ring (bicyclic) bond motifs is 2. The SMILES string of the molecule is OC1CN(Cc2ccc3c(c2)CCO3)CC2(CCN(c3ncnc4nc[nH]c34)CC2)C1. The van der Waals surface area contributed by atoms with Crippen LogP contribution in [0.3, 0.4) is 0 Å². The lowest BCUT2D eigenvalue weighted by Crippen LogP contribution is -2.53. The molecule has 2 fully saturated rings. The third-order valence-electron chi connectivity index (χ3n) is 7.18. The molecular weight excluding hydrogens is 392 g/mol. The fraction of sp³-hybridized carbons (Fsp3) is 0.522. The molecule has 162 valence electrons. The van der Waals surface area contributed by atoms with Crippen LogP contribution in [0.2, 0.25) is 0 Å². The minimum atomic E-state index is -0.267. The number of hydrogen-bond donors (Lipinski definition) is 2. The highest BCUT2D eigenvalue weighted by atomic mass is 16.5. The second kappa shape index (κ2) is 7.46. The van der Waals surface area contributed by atoms with Crippen molar-refractivity contribution in [3.8, 4) is 5.75 Å². The van der Waals surface area contributed by atoms with Crippen LogP contribution < -0.4 is 9.64 Å². The van der Waals surface area contributed by atoms with Gasteiger partial charge in [-0.3, -0.25) is 4.90 Å². The Kier molecular flexibility index (Phi) is 4.57. The van der Waals surface area contributed by atoms with E-state index >= 15 is 0 Å². The minimum absolute atomic E-state index is 0.161. The number of H-pyrrole nitrogens is 1. The summed E-state index contributed by atoms with van der Waals surface area (Å²) in [6.45, 7) is 5.33. The molecule has 0 radical (unpaired) electrons. The Bertz CT molecular complexity index is 1090. The lowest BCUT2D eigenvalue weighted by atomic mass is 9.71. The predicted octanol–water partition coefficient (Wildman–Crippen LogP) is 2.14. The fourth-order valence-electron chi connectivity index (χ4n) is 5.73. The van der Waals surface area contributed by atoms with E-state index < -0.39 is 0 Å². The van der Waals surface area contributed by atoms with Crippen molar-refractivity contribution in [2.24, 2.45) is 5.41 Å². The summed E-state index contributed by atoms with van der Waals surface area (Å²) >= 11 is 0. The van der Waals surface area contributed by atoms with Crippen LogP contribution >= 0.6 is 0 Å². The number of likely N-dealkylation sites (tertiary alicyclic amines) is 1. The first-order chi connectivity index (χ1) is 15.2. The van der Waals surface area contributed by atoms with Crippen molar-refractivity contribution in [3.05, 3.63) is 42.0 Å². The van der Waals surface area contributed by atoms with Gasteiger partial charge in [0, 0.05) is 39.1 Å². The maximum atomic E-state index is 10.7. The molecule has 8 heteroatoms. The Morgan fingerprint density at radius 3 is 3.00 bits per heavy atom. The normalized spacial score (nSPS) is 23.3. The third-order valence-corrected chi connectivity index (χ3v) is 7.18. The first-order valence-electron chi connectivity index (χ1n) is 11.2. The number of piperidine rings is 2. The van der Waals surface area contributed by atoms with E-state index in [-0.39, 0.29) is 11.5 Å². The van der Waals surface area contributed by atoms with Gasteiger partial charge in [0.05, 0.1) is 19.0 Å². The fourth-order valence-corrected chi connectivity index (χ4v) is 5.73. The average molecular weight is 421 g/mol. The number of imidazole rings is 1. The third kappa shape index (κ3) is 3.53. The van der Waals surface area contributed by atoms with E-state index in [9.17, 15) is 5.11 Å². The largest absolute Gasteiger partial charge is 0.493 e. The summed E-state index contributed by atoms with van der Waals surface area (Å²) in [7, 11) is 0. The molecule has 1 aromatic carbocycles. The number of anilines is 1. The first kappa shape index (κ1) is 19.0. The molecule has 2 saturated heterocycles. The number of aliphatic hydroxyl groups is 1.